The lowest BCUT2D eigenvalue weighted by atomic mass is 9.88. The summed E-state index contributed by atoms with van der Waals surface area (Å²) in [4.78, 5) is 27.7. The second-order valence-corrected chi connectivity index (χ2v) is 9.90. The lowest BCUT2D eigenvalue weighted by Gasteiger charge is -2.19. The van der Waals surface area contributed by atoms with E-state index >= 15 is 0 Å². The third-order valence-corrected chi connectivity index (χ3v) is 7.51. The zero-order valence-corrected chi connectivity index (χ0v) is 17.7. The molecule has 0 bridgehead atoms. The van der Waals surface area contributed by atoms with Crippen LogP contribution in [0.25, 0.3) is 0 Å². The molecule has 0 aromatic carbocycles. The smallest absolute Gasteiger partial charge is 0.313 e. The number of thiophene rings is 2. The fourth-order valence-corrected chi connectivity index (χ4v) is 6.31. The first kappa shape index (κ1) is 20.1. The molecular formula is C21H26O4S2. The Morgan fingerprint density at radius 2 is 1.44 bits per heavy atom. The van der Waals surface area contributed by atoms with Crippen LogP contribution in [0.3, 0.4) is 0 Å². The average molecular weight is 407 g/mol. The minimum Gasteiger partial charge on any atom is -0.481 e. The standard InChI is InChI=1S/C11H14O2S.C10H12O2S/c1-7-6-9-8(11(12)13-2)4-3-5-10(9)14-7;1-6-5-8-7(10(11)12)3-2-4-9(8)13-6/h6,8H,3-5H2,1-2H3;5,7H,2-4H2,1H3,(H,11,12). The summed E-state index contributed by atoms with van der Waals surface area (Å²) in [5.41, 5.74) is 2.28. The Bertz CT molecular complexity index is 833. The molecule has 4 rings (SSSR count). The van der Waals surface area contributed by atoms with Crippen molar-refractivity contribution in [2.75, 3.05) is 7.11 Å². The minimum atomic E-state index is -0.668. The predicted molar refractivity (Wildman–Crippen MR) is 109 cm³/mol. The maximum Gasteiger partial charge on any atom is 0.313 e. The molecule has 2 atom stereocenters. The number of fused-ring (bicyclic) bond motifs is 2. The molecule has 0 saturated carbocycles. The number of rotatable bonds is 2. The fraction of sp³-hybridized carbons (Fsp3) is 0.524. The lowest BCUT2D eigenvalue weighted by Crippen LogP contribution is -2.18. The Morgan fingerprint density at radius 1 is 0.963 bits per heavy atom. The van der Waals surface area contributed by atoms with Crippen molar-refractivity contribution in [3.63, 3.8) is 0 Å². The number of carboxylic acid groups (broad SMARTS) is 1. The van der Waals surface area contributed by atoms with Crippen molar-refractivity contribution in [2.45, 2.75) is 64.2 Å². The highest BCUT2D eigenvalue weighted by atomic mass is 32.1. The van der Waals surface area contributed by atoms with Gasteiger partial charge in [-0.3, -0.25) is 9.59 Å². The third-order valence-electron chi connectivity index (χ3n) is 5.26. The van der Waals surface area contributed by atoms with E-state index in [0.29, 0.717) is 0 Å². The Balaban J connectivity index is 0.000000156. The number of aryl methyl sites for hydroxylation is 4. The normalized spacial score (nSPS) is 20.7. The van der Waals surface area contributed by atoms with Crippen LogP contribution in [0.2, 0.25) is 0 Å². The van der Waals surface area contributed by atoms with Gasteiger partial charge in [0, 0.05) is 19.5 Å². The van der Waals surface area contributed by atoms with E-state index in [-0.39, 0.29) is 17.8 Å². The van der Waals surface area contributed by atoms with Crippen LogP contribution in [0.5, 0.6) is 0 Å². The van der Waals surface area contributed by atoms with Gasteiger partial charge in [-0.15, -0.1) is 22.7 Å². The highest BCUT2D eigenvalue weighted by Gasteiger charge is 2.29. The van der Waals surface area contributed by atoms with Gasteiger partial charge < -0.3 is 9.84 Å². The maximum absolute atomic E-state index is 11.5. The zero-order chi connectivity index (χ0) is 19.6. The van der Waals surface area contributed by atoms with Gasteiger partial charge in [0.1, 0.15) is 0 Å². The molecule has 2 aromatic heterocycles. The second kappa shape index (κ2) is 8.57. The van der Waals surface area contributed by atoms with Crippen molar-refractivity contribution in [3.8, 4) is 0 Å². The first-order valence-electron chi connectivity index (χ1n) is 9.39. The molecule has 0 spiro atoms. The van der Waals surface area contributed by atoms with Crippen molar-refractivity contribution in [2.24, 2.45) is 0 Å². The number of carbonyl (C=O) groups excluding carboxylic acids is 1. The summed E-state index contributed by atoms with van der Waals surface area (Å²) in [6.45, 7) is 4.14. The minimum absolute atomic E-state index is 0.00583. The van der Waals surface area contributed by atoms with Gasteiger partial charge in [0.2, 0.25) is 0 Å². The summed E-state index contributed by atoms with van der Waals surface area (Å²) in [6, 6.07) is 4.18. The molecule has 2 aliphatic carbocycles. The summed E-state index contributed by atoms with van der Waals surface area (Å²) < 4.78 is 4.82. The summed E-state index contributed by atoms with van der Waals surface area (Å²) in [5, 5.41) is 9.00. The molecule has 146 valence electrons. The SMILES string of the molecule is COC(=O)C1CCCc2sc(C)cc21.Cc1cc2c(s1)CCCC2C(=O)O. The molecule has 2 heterocycles. The van der Waals surface area contributed by atoms with E-state index in [1.54, 1.807) is 11.3 Å². The number of methoxy groups -OCH3 is 1. The summed E-state index contributed by atoms with van der Waals surface area (Å²) in [5.74, 6) is -0.995. The summed E-state index contributed by atoms with van der Waals surface area (Å²) >= 11 is 3.56. The number of carboxylic acids is 1. The zero-order valence-electron chi connectivity index (χ0n) is 16.0. The number of hydrogen-bond donors (Lipinski definition) is 1. The van der Waals surface area contributed by atoms with Crippen molar-refractivity contribution >= 4 is 34.6 Å². The van der Waals surface area contributed by atoms with E-state index in [1.807, 2.05) is 24.3 Å². The number of ether oxygens (including phenoxy) is 1. The second-order valence-electron chi connectivity index (χ2n) is 7.22. The van der Waals surface area contributed by atoms with Crippen LogP contribution in [0.1, 0.15) is 68.2 Å². The van der Waals surface area contributed by atoms with E-state index in [2.05, 4.69) is 13.0 Å². The van der Waals surface area contributed by atoms with Gasteiger partial charge in [-0.25, -0.2) is 0 Å². The van der Waals surface area contributed by atoms with Gasteiger partial charge in [0.15, 0.2) is 0 Å². The van der Waals surface area contributed by atoms with Crippen molar-refractivity contribution in [3.05, 3.63) is 42.8 Å². The fourth-order valence-electron chi connectivity index (χ4n) is 4.03. The molecule has 4 nitrogen and oxygen atoms in total. The Hall–Kier alpha value is -1.66. The van der Waals surface area contributed by atoms with Crippen LogP contribution < -0.4 is 0 Å². The number of aliphatic carboxylic acids is 1. The lowest BCUT2D eigenvalue weighted by molar-refractivity contribution is -0.143. The van der Waals surface area contributed by atoms with Crippen LogP contribution in [0.4, 0.5) is 0 Å². The molecule has 6 heteroatoms. The molecule has 2 unspecified atom stereocenters. The van der Waals surface area contributed by atoms with Crippen LogP contribution in [0.15, 0.2) is 12.1 Å². The van der Waals surface area contributed by atoms with Gasteiger partial charge in [0.25, 0.3) is 0 Å². The predicted octanol–water partition coefficient (Wildman–Crippen LogP) is 5.21. The van der Waals surface area contributed by atoms with E-state index in [4.69, 9.17) is 9.84 Å². The molecule has 0 aliphatic heterocycles. The first-order valence-corrected chi connectivity index (χ1v) is 11.0. The molecule has 0 radical (unpaired) electrons. The highest BCUT2D eigenvalue weighted by Crippen LogP contribution is 2.38. The molecule has 0 fully saturated rings. The van der Waals surface area contributed by atoms with Crippen LogP contribution in [-0.4, -0.2) is 24.2 Å². The van der Waals surface area contributed by atoms with Crippen LogP contribution in [-0.2, 0) is 27.2 Å². The van der Waals surface area contributed by atoms with E-state index in [9.17, 15) is 9.59 Å². The molecular weight excluding hydrogens is 380 g/mol. The highest BCUT2D eigenvalue weighted by molar-refractivity contribution is 7.12. The molecule has 0 amide bonds. The quantitative estimate of drug-likeness (QED) is 0.695. The van der Waals surface area contributed by atoms with E-state index in [0.717, 1.165) is 44.1 Å². The Kier molecular flexibility index (Phi) is 6.37. The van der Waals surface area contributed by atoms with Gasteiger partial charge in [-0.05, 0) is 75.6 Å². The number of carbonyl (C=O) groups is 2. The molecule has 0 saturated heterocycles. The van der Waals surface area contributed by atoms with Gasteiger partial charge in [0.05, 0.1) is 18.9 Å². The molecule has 2 aliphatic rings. The molecule has 1 N–H and O–H groups in total. The monoisotopic (exact) mass is 406 g/mol. The van der Waals surface area contributed by atoms with Crippen molar-refractivity contribution in [1.29, 1.82) is 0 Å². The van der Waals surface area contributed by atoms with E-state index < -0.39 is 5.97 Å². The van der Waals surface area contributed by atoms with Crippen molar-refractivity contribution < 1.29 is 19.4 Å². The van der Waals surface area contributed by atoms with Crippen LogP contribution >= 0.6 is 22.7 Å². The summed E-state index contributed by atoms with van der Waals surface area (Å²) in [6.07, 6.45) is 6.06. The third kappa shape index (κ3) is 4.43. The topological polar surface area (TPSA) is 63.6 Å². The van der Waals surface area contributed by atoms with Gasteiger partial charge in [-0.1, -0.05) is 0 Å². The Morgan fingerprint density at radius 3 is 1.93 bits per heavy atom. The summed E-state index contributed by atoms with van der Waals surface area (Å²) in [7, 11) is 1.47. The van der Waals surface area contributed by atoms with Crippen LogP contribution in [0, 0.1) is 13.8 Å². The maximum atomic E-state index is 11.5. The van der Waals surface area contributed by atoms with Crippen molar-refractivity contribution in [1.82, 2.24) is 0 Å². The average Bonchev–Trinajstić information content (AvgIpc) is 3.21. The number of hydrogen-bond acceptors (Lipinski definition) is 5. The van der Waals surface area contributed by atoms with Gasteiger partial charge in [-0.2, -0.15) is 0 Å². The number of esters is 1. The Labute approximate surface area is 168 Å². The first-order chi connectivity index (χ1) is 12.9. The molecule has 27 heavy (non-hydrogen) atoms. The largest absolute Gasteiger partial charge is 0.481 e. The van der Waals surface area contributed by atoms with E-state index in [1.165, 1.54) is 32.2 Å². The molecule has 2 aromatic rings. The van der Waals surface area contributed by atoms with Gasteiger partial charge >= 0.3 is 11.9 Å².